The van der Waals surface area contributed by atoms with Crippen LogP contribution in [0.4, 0.5) is 5.82 Å². The van der Waals surface area contributed by atoms with E-state index in [9.17, 15) is 5.11 Å². The van der Waals surface area contributed by atoms with Crippen molar-refractivity contribution in [1.82, 2.24) is 9.97 Å². The molecule has 1 N–H and O–H groups in total. The molecule has 2 heterocycles. The fraction of sp³-hybridized carbons (Fsp3) is 0.600. The molecule has 0 unspecified atom stereocenters. The Kier molecular flexibility index (Phi) is 1.70. The van der Waals surface area contributed by atoms with E-state index in [1.54, 1.807) is 6.33 Å². The van der Waals surface area contributed by atoms with Crippen molar-refractivity contribution in [2.45, 2.75) is 25.4 Å². The van der Waals surface area contributed by atoms with E-state index in [2.05, 4.69) is 14.9 Å². The maximum Gasteiger partial charge on any atom is 0.135 e. The fourth-order valence-corrected chi connectivity index (χ4v) is 2.24. The van der Waals surface area contributed by atoms with Crippen LogP contribution >= 0.6 is 0 Å². The molecular formula is C10H13N3O. The number of nitrogens with zero attached hydrogens (tertiary/aromatic N) is 3. The second-order valence-electron chi connectivity index (χ2n) is 4.03. The van der Waals surface area contributed by atoms with Gasteiger partial charge in [-0.1, -0.05) is 0 Å². The molecule has 0 amide bonds. The van der Waals surface area contributed by atoms with Gasteiger partial charge in [0.15, 0.2) is 0 Å². The van der Waals surface area contributed by atoms with Gasteiger partial charge in [-0.3, -0.25) is 0 Å². The normalized spacial score (nSPS) is 20.8. The second-order valence-corrected chi connectivity index (χ2v) is 4.03. The lowest BCUT2D eigenvalue weighted by Crippen LogP contribution is -2.51. The van der Waals surface area contributed by atoms with Gasteiger partial charge in [-0.15, -0.1) is 0 Å². The van der Waals surface area contributed by atoms with Crippen molar-refractivity contribution in [3.05, 3.63) is 17.6 Å². The predicted octanol–water partition coefficient (Wildman–Crippen LogP) is 0.146. The van der Waals surface area contributed by atoms with E-state index in [-0.39, 0.29) is 6.10 Å². The maximum absolute atomic E-state index is 9.24. The summed E-state index contributed by atoms with van der Waals surface area (Å²) in [6.45, 7) is 1.45. The van der Waals surface area contributed by atoms with Gasteiger partial charge in [0, 0.05) is 24.3 Å². The summed E-state index contributed by atoms with van der Waals surface area (Å²) < 4.78 is 0. The summed E-state index contributed by atoms with van der Waals surface area (Å²) in [6, 6.07) is 0. The van der Waals surface area contributed by atoms with Crippen molar-refractivity contribution < 1.29 is 5.11 Å². The van der Waals surface area contributed by atoms with Gasteiger partial charge in [0.25, 0.3) is 0 Å². The van der Waals surface area contributed by atoms with Crippen LogP contribution in [0.1, 0.15) is 17.7 Å². The molecule has 3 rings (SSSR count). The average Bonchev–Trinajstić information content (AvgIpc) is 2.60. The first-order valence-electron chi connectivity index (χ1n) is 5.10. The highest BCUT2D eigenvalue weighted by atomic mass is 16.3. The van der Waals surface area contributed by atoms with Crippen LogP contribution in [0, 0.1) is 0 Å². The molecule has 1 saturated heterocycles. The van der Waals surface area contributed by atoms with Crippen LogP contribution in [0.2, 0.25) is 0 Å². The van der Waals surface area contributed by atoms with Crippen LogP contribution < -0.4 is 4.90 Å². The minimum Gasteiger partial charge on any atom is -0.389 e. The summed E-state index contributed by atoms with van der Waals surface area (Å²) in [7, 11) is 0. The Balaban J connectivity index is 1.94. The van der Waals surface area contributed by atoms with Crippen molar-refractivity contribution in [3.63, 3.8) is 0 Å². The minimum atomic E-state index is -0.165. The van der Waals surface area contributed by atoms with Crippen LogP contribution in [0.3, 0.4) is 0 Å². The quantitative estimate of drug-likeness (QED) is 0.686. The van der Waals surface area contributed by atoms with Crippen molar-refractivity contribution in [2.24, 2.45) is 0 Å². The van der Waals surface area contributed by atoms with E-state index in [1.807, 2.05) is 0 Å². The van der Waals surface area contributed by atoms with Gasteiger partial charge >= 0.3 is 0 Å². The highest BCUT2D eigenvalue weighted by Gasteiger charge is 2.29. The van der Waals surface area contributed by atoms with Gasteiger partial charge in [-0.2, -0.15) is 0 Å². The van der Waals surface area contributed by atoms with E-state index in [0.717, 1.165) is 31.7 Å². The van der Waals surface area contributed by atoms with E-state index >= 15 is 0 Å². The number of hydrogen-bond donors (Lipinski definition) is 1. The molecule has 1 aromatic rings. The zero-order valence-electron chi connectivity index (χ0n) is 7.98. The van der Waals surface area contributed by atoms with Gasteiger partial charge < -0.3 is 10.0 Å². The lowest BCUT2D eigenvalue weighted by Gasteiger charge is -2.37. The Morgan fingerprint density at radius 2 is 2.14 bits per heavy atom. The highest BCUT2D eigenvalue weighted by Crippen LogP contribution is 2.29. The molecule has 74 valence electrons. The maximum atomic E-state index is 9.24. The molecular weight excluding hydrogens is 178 g/mol. The van der Waals surface area contributed by atoms with Crippen LogP contribution in [-0.4, -0.2) is 34.3 Å². The molecule has 14 heavy (non-hydrogen) atoms. The van der Waals surface area contributed by atoms with Gasteiger partial charge in [-0.05, 0) is 19.3 Å². The summed E-state index contributed by atoms with van der Waals surface area (Å²) in [4.78, 5) is 10.7. The van der Waals surface area contributed by atoms with Gasteiger partial charge in [0.1, 0.15) is 12.1 Å². The van der Waals surface area contributed by atoms with Crippen LogP contribution in [0.15, 0.2) is 6.33 Å². The fourth-order valence-electron chi connectivity index (χ4n) is 2.24. The molecule has 4 heteroatoms. The first-order chi connectivity index (χ1) is 6.84. The first-order valence-corrected chi connectivity index (χ1v) is 5.10. The molecule has 1 aliphatic carbocycles. The number of aliphatic hydroxyl groups is 1. The number of aryl methyl sites for hydroxylation is 1. The van der Waals surface area contributed by atoms with Crippen LogP contribution in [-0.2, 0) is 12.8 Å². The number of β-amino-alcohol motifs (C(OH)–C–C–N with tert-alkyl or cyclic N) is 1. The highest BCUT2D eigenvalue weighted by molar-refractivity contribution is 5.52. The molecule has 1 aromatic heterocycles. The van der Waals surface area contributed by atoms with Crippen molar-refractivity contribution in [2.75, 3.05) is 18.0 Å². The Morgan fingerprint density at radius 1 is 1.29 bits per heavy atom. The third kappa shape index (κ3) is 1.10. The Morgan fingerprint density at radius 3 is 2.93 bits per heavy atom. The number of fused-ring (bicyclic) bond motifs is 1. The number of aromatic nitrogens is 2. The van der Waals surface area contributed by atoms with E-state index in [4.69, 9.17) is 0 Å². The number of anilines is 1. The molecule has 4 nitrogen and oxygen atoms in total. The third-order valence-electron chi connectivity index (χ3n) is 3.01. The third-order valence-corrected chi connectivity index (χ3v) is 3.01. The zero-order chi connectivity index (χ0) is 9.54. The summed E-state index contributed by atoms with van der Waals surface area (Å²) in [5, 5.41) is 9.24. The van der Waals surface area contributed by atoms with Crippen LogP contribution in [0.5, 0.6) is 0 Å². The molecule has 0 bridgehead atoms. The van der Waals surface area contributed by atoms with Crippen molar-refractivity contribution >= 4 is 5.82 Å². The molecule has 2 aliphatic rings. The van der Waals surface area contributed by atoms with Crippen molar-refractivity contribution in [1.29, 1.82) is 0 Å². The summed E-state index contributed by atoms with van der Waals surface area (Å²) in [5.74, 6) is 1.05. The summed E-state index contributed by atoms with van der Waals surface area (Å²) in [6.07, 6.45) is 4.85. The number of aliphatic hydroxyl groups excluding tert-OH is 1. The van der Waals surface area contributed by atoms with E-state index in [1.165, 1.54) is 17.7 Å². The Bertz CT molecular complexity index is 360. The predicted molar refractivity (Wildman–Crippen MR) is 52.3 cm³/mol. The average molecular weight is 191 g/mol. The van der Waals surface area contributed by atoms with E-state index < -0.39 is 0 Å². The summed E-state index contributed by atoms with van der Waals surface area (Å²) in [5.41, 5.74) is 2.51. The molecule has 0 atom stereocenters. The van der Waals surface area contributed by atoms with Crippen LogP contribution in [0.25, 0.3) is 0 Å². The molecule has 1 aliphatic heterocycles. The number of hydrogen-bond acceptors (Lipinski definition) is 4. The lowest BCUT2D eigenvalue weighted by molar-refractivity contribution is 0.141. The number of rotatable bonds is 1. The SMILES string of the molecule is OC1CN(c2ncnc3c2CCC3)C1. The lowest BCUT2D eigenvalue weighted by atomic mass is 10.1. The summed E-state index contributed by atoms with van der Waals surface area (Å²) >= 11 is 0. The molecule has 0 spiro atoms. The standard InChI is InChI=1S/C10H13N3O/c14-7-4-13(5-7)10-8-2-1-3-9(8)11-6-12-10/h6-7,14H,1-5H2. The molecule has 0 radical (unpaired) electrons. The minimum absolute atomic E-state index is 0.165. The van der Waals surface area contributed by atoms with Gasteiger partial charge in [-0.25, -0.2) is 9.97 Å². The first kappa shape index (κ1) is 8.17. The van der Waals surface area contributed by atoms with Gasteiger partial charge in [0.05, 0.1) is 6.10 Å². The molecule has 0 saturated carbocycles. The molecule has 0 aromatic carbocycles. The topological polar surface area (TPSA) is 49.2 Å². The Labute approximate surface area is 82.6 Å². The van der Waals surface area contributed by atoms with Gasteiger partial charge in [0.2, 0.25) is 0 Å². The smallest absolute Gasteiger partial charge is 0.135 e. The zero-order valence-corrected chi connectivity index (χ0v) is 7.98. The molecule has 1 fully saturated rings. The van der Waals surface area contributed by atoms with E-state index in [0.29, 0.717) is 0 Å². The second kappa shape index (κ2) is 2.92. The van der Waals surface area contributed by atoms with Crippen molar-refractivity contribution in [3.8, 4) is 0 Å². The monoisotopic (exact) mass is 191 g/mol. The Hall–Kier alpha value is -1.16. The largest absolute Gasteiger partial charge is 0.389 e.